The van der Waals surface area contributed by atoms with Gasteiger partial charge in [0, 0.05) is 12.1 Å². The normalized spacial score (nSPS) is 19.0. The van der Waals surface area contributed by atoms with Gasteiger partial charge >= 0.3 is 11.8 Å². The summed E-state index contributed by atoms with van der Waals surface area (Å²) >= 11 is 5.08. The third-order valence-corrected chi connectivity index (χ3v) is 3.58. The number of nitrogens with one attached hydrogen (secondary N) is 1. The molecule has 1 aromatic rings. The zero-order valence-electron chi connectivity index (χ0n) is 11.3. The summed E-state index contributed by atoms with van der Waals surface area (Å²) in [5.41, 5.74) is 1.19. The minimum Gasteiger partial charge on any atom is -0.320 e. The highest BCUT2D eigenvalue weighted by atomic mass is 32.1. The Bertz CT molecular complexity index is 771. The predicted molar refractivity (Wildman–Crippen MR) is 83.0 cm³/mol. The van der Waals surface area contributed by atoms with E-state index in [1.807, 2.05) is 0 Å². The Morgan fingerprint density at radius 3 is 2.68 bits per heavy atom. The van der Waals surface area contributed by atoms with Crippen LogP contribution in [-0.4, -0.2) is 45.0 Å². The number of hydrogen-bond donors (Lipinski definition) is 1. The monoisotopic (exact) mass is 314 g/mol. The molecule has 0 atom stereocenters. The molecule has 7 nitrogen and oxygen atoms in total. The molecule has 0 unspecified atom stereocenters. The van der Waals surface area contributed by atoms with Crippen molar-refractivity contribution in [1.29, 1.82) is 0 Å². The first-order valence-electron chi connectivity index (χ1n) is 6.34. The number of amides is 3. The van der Waals surface area contributed by atoms with Crippen LogP contribution in [0.15, 0.2) is 42.0 Å². The highest BCUT2D eigenvalue weighted by Gasteiger charge is 2.42. The second-order valence-corrected chi connectivity index (χ2v) is 4.92. The van der Waals surface area contributed by atoms with Crippen LogP contribution in [0.1, 0.15) is 5.56 Å². The van der Waals surface area contributed by atoms with Crippen LogP contribution >= 0.6 is 12.2 Å². The number of carbonyl (C=O) groups is 3. The number of rotatable bonds is 3. The van der Waals surface area contributed by atoms with E-state index in [4.69, 9.17) is 12.2 Å². The van der Waals surface area contributed by atoms with Gasteiger partial charge in [-0.1, -0.05) is 24.3 Å². The summed E-state index contributed by atoms with van der Waals surface area (Å²) in [6, 6.07) is 6.92. The summed E-state index contributed by atoms with van der Waals surface area (Å²) in [4.78, 5) is 36.9. The van der Waals surface area contributed by atoms with Crippen molar-refractivity contribution in [2.75, 3.05) is 11.9 Å². The van der Waals surface area contributed by atoms with Crippen molar-refractivity contribution < 1.29 is 14.4 Å². The second kappa shape index (κ2) is 5.15. The third-order valence-electron chi connectivity index (χ3n) is 3.19. The topological polar surface area (TPSA) is 82.1 Å². The number of anilines is 1. The smallest absolute Gasteiger partial charge is 0.320 e. The van der Waals surface area contributed by atoms with Crippen molar-refractivity contribution in [2.45, 2.75) is 0 Å². The van der Waals surface area contributed by atoms with Crippen LogP contribution in [0.4, 0.5) is 5.69 Å². The largest absolute Gasteiger partial charge is 0.339 e. The highest BCUT2D eigenvalue weighted by molar-refractivity contribution is 7.80. The minimum atomic E-state index is -0.892. The zero-order chi connectivity index (χ0) is 15.9. The van der Waals surface area contributed by atoms with Gasteiger partial charge < -0.3 is 5.32 Å². The molecule has 2 aliphatic rings. The molecule has 2 heterocycles. The zero-order valence-corrected chi connectivity index (χ0v) is 12.1. The van der Waals surface area contributed by atoms with Crippen molar-refractivity contribution in [3.05, 3.63) is 42.5 Å². The highest BCUT2D eigenvalue weighted by Crippen LogP contribution is 2.24. The maximum atomic E-state index is 12.0. The van der Waals surface area contributed by atoms with Crippen LogP contribution in [-0.2, 0) is 14.4 Å². The van der Waals surface area contributed by atoms with E-state index in [2.05, 4.69) is 17.0 Å². The lowest BCUT2D eigenvalue weighted by Crippen LogP contribution is -2.32. The van der Waals surface area contributed by atoms with E-state index in [1.54, 1.807) is 24.3 Å². The number of carbonyl (C=O) groups excluding carboxylic acids is 3. The standard InChI is InChI=1S/C14H10N4O3S/c1-2-7-17-12(20)13(21)18(14(17)22)16-10-8-5-3-4-6-9(8)15-11(10)19/h2-6H,1,7H2,(H,15,16,19). The summed E-state index contributed by atoms with van der Waals surface area (Å²) < 4.78 is 0. The lowest BCUT2D eigenvalue weighted by Gasteiger charge is -2.13. The fourth-order valence-corrected chi connectivity index (χ4v) is 2.46. The van der Waals surface area contributed by atoms with Gasteiger partial charge in [0.15, 0.2) is 5.71 Å². The molecule has 0 saturated carbocycles. The first-order valence-corrected chi connectivity index (χ1v) is 6.75. The van der Waals surface area contributed by atoms with E-state index in [9.17, 15) is 14.4 Å². The number of hydrazone groups is 1. The Morgan fingerprint density at radius 1 is 1.23 bits per heavy atom. The van der Waals surface area contributed by atoms with Crippen LogP contribution < -0.4 is 5.32 Å². The average Bonchev–Trinajstić information content (AvgIpc) is 2.92. The number of fused-ring (bicyclic) bond motifs is 1. The van der Waals surface area contributed by atoms with Gasteiger partial charge in [0.05, 0.1) is 5.69 Å². The van der Waals surface area contributed by atoms with E-state index in [0.717, 1.165) is 9.91 Å². The van der Waals surface area contributed by atoms with Gasteiger partial charge in [0.25, 0.3) is 5.91 Å². The molecule has 0 aliphatic carbocycles. The number of para-hydroxylation sites is 1. The van der Waals surface area contributed by atoms with Gasteiger partial charge in [0.1, 0.15) is 0 Å². The molecule has 0 aromatic heterocycles. The van der Waals surface area contributed by atoms with E-state index in [1.165, 1.54) is 6.08 Å². The molecule has 1 fully saturated rings. The van der Waals surface area contributed by atoms with Gasteiger partial charge in [-0.05, 0) is 18.3 Å². The van der Waals surface area contributed by atoms with Crippen molar-refractivity contribution in [3.8, 4) is 0 Å². The molecule has 0 radical (unpaired) electrons. The van der Waals surface area contributed by atoms with Crippen molar-refractivity contribution in [1.82, 2.24) is 9.91 Å². The molecule has 1 saturated heterocycles. The van der Waals surface area contributed by atoms with Crippen LogP contribution in [0.3, 0.4) is 0 Å². The Morgan fingerprint density at radius 2 is 1.95 bits per heavy atom. The van der Waals surface area contributed by atoms with Gasteiger partial charge in [-0.25, -0.2) is 0 Å². The quantitative estimate of drug-likeness (QED) is 0.500. The maximum absolute atomic E-state index is 12.0. The fraction of sp³-hybridized carbons (Fsp3) is 0.0714. The minimum absolute atomic E-state index is 0.0413. The van der Waals surface area contributed by atoms with E-state index >= 15 is 0 Å². The summed E-state index contributed by atoms with van der Waals surface area (Å²) in [5, 5.41) is 7.33. The summed E-state index contributed by atoms with van der Waals surface area (Å²) in [6.45, 7) is 3.61. The second-order valence-electron chi connectivity index (χ2n) is 4.55. The molecule has 8 heteroatoms. The molecule has 3 rings (SSSR count). The molecule has 22 heavy (non-hydrogen) atoms. The number of hydrogen-bond acceptors (Lipinski definition) is 5. The van der Waals surface area contributed by atoms with Crippen molar-refractivity contribution in [3.63, 3.8) is 0 Å². The average molecular weight is 314 g/mol. The molecule has 1 N–H and O–H groups in total. The van der Waals surface area contributed by atoms with Gasteiger partial charge in [-0.15, -0.1) is 6.58 Å². The lowest BCUT2D eigenvalue weighted by atomic mass is 10.1. The molecule has 110 valence electrons. The van der Waals surface area contributed by atoms with Gasteiger partial charge in [0.2, 0.25) is 5.11 Å². The van der Waals surface area contributed by atoms with Crippen LogP contribution in [0.25, 0.3) is 0 Å². The number of nitrogens with zero attached hydrogens (tertiary/aromatic N) is 3. The summed E-state index contributed by atoms with van der Waals surface area (Å²) in [5.74, 6) is -2.14. The first-order chi connectivity index (χ1) is 10.5. The number of benzene rings is 1. The molecular formula is C14H10N4O3S. The molecule has 3 amide bonds. The van der Waals surface area contributed by atoms with Gasteiger partial charge in [-0.2, -0.15) is 10.1 Å². The molecule has 0 bridgehead atoms. The van der Waals surface area contributed by atoms with Crippen LogP contribution in [0.2, 0.25) is 0 Å². The molecule has 0 spiro atoms. The summed E-state index contributed by atoms with van der Waals surface area (Å²) in [6.07, 6.45) is 1.45. The van der Waals surface area contributed by atoms with Crippen molar-refractivity contribution in [2.24, 2.45) is 5.10 Å². The molecular weight excluding hydrogens is 304 g/mol. The van der Waals surface area contributed by atoms with E-state index < -0.39 is 17.7 Å². The third kappa shape index (κ3) is 2.01. The predicted octanol–water partition coefficient (Wildman–Crippen LogP) is 0.484. The fourth-order valence-electron chi connectivity index (χ4n) is 2.17. The number of thiocarbonyl (C=S) groups is 1. The van der Waals surface area contributed by atoms with Crippen LogP contribution in [0.5, 0.6) is 0 Å². The SMILES string of the molecule is C=CCN1C(=O)C(=O)N(/N=C2/C(=O)Nc3ccccc32)C1=S. The molecule has 2 aliphatic heterocycles. The Kier molecular flexibility index (Phi) is 3.30. The Hall–Kier alpha value is -2.87. The van der Waals surface area contributed by atoms with E-state index in [0.29, 0.717) is 11.3 Å². The Labute approximate surface area is 130 Å². The Balaban J connectivity index is 2.00. The van der Waals surface area contributed by atoms with E-state index in [-0.39, 0.29) is 17.4 Å². The van der Waals surface area contributed by atoms with Crippen LogP contribution in [0, 0.1) is 0 Å². The first kappa shape index (κ1) is 14.1. The molecule has 1 aromatic carbocycles. The maximum Gasteiger partial charge on any atom is 0.339 e. The van der Waals surface area contributed by atoms with Crippen molar-refractivity contribution >= 4 is 46.5 Å². The lowest BCUT2D eigenvalue weighted by molar-refractivity contribution is -0.143. The summed E-state index contributed by atoms with van der Waals surface area (Å²) in [7, 11) is 0. The van der Waals surface area contributed by atoms with Gasteiger partial charge in [-0.3, -0.25) is 19.3 Å².